The van der Waals surface area contributed by atoms with Gasteiger partial charge in [0.15, 0.2) is 0 Å². The Labute approximate surface area is 687 Å². The van der Waals surface area contributed by atoms with Crippen LogP contribution in [0.4, 0.5) is 102 Å². The molecule has 8 heteroatoms. The maximum atomic E-state index is 2.70. The second-order valence-electron chi connectivity index (χ2n) is 39.1. The number of hydrogen-bond acceptors (Lipinski definition) is 6. The molecule has 21 rings (SSSR count). The minimum absolute atomic E-state index is 0.00556. The lowest BCUT2D eigenvalue weighted by molar-refractivity contribution is 0.523. The van der Waals surface area contributed by atoms with Crippen molar-refractivity contribution in [3.8, 4) is 0 Å². The van der Waals surface area contributed by atoms with Crippen molar-refractivity contribution in [2.75, 3.05) is 29.4 Å². The molecule has 15 aromatic rings. The van der Waals surface area contributed by atoms with Crippen molar-refractivity contribution >= 4 is 182 Å². The van der Waals surface area contributed by atoms with Crippen molar-refractivity contribution < 1.29 is 0 Å². The summed E-state index contributed by atoms with van der Waals surface area (Å²) in [6.07, 6.45) is 0.817. The van der Waals surface area contributed by atoms with Crippen LogP contribution in [-0.2, 0) is 38.9 Å². The Morgan fingerprint density at radius 2 is 0.422 bits per heavy atom. The van der Waals surface area contributed by atoms with Crippen molar-refractivity contribution in [1.29, 1.82) is 0 Å². The van der Waals surface area contributed by atoms with Crippen molar-refractivity contribution in [2.24, 2.45) is 0 Å². The predicted octanol–water partition coefficient (Wildman–Crippen LogP) is 28.4. The summed E-state index contributed by atoms with van der Waals surface area (Å²) in [4.78, 5) is 15.8. The molecule has 0 amide bonds. The molecule has 0 aromatic heterocycles. The standard InChI is InChI=1S/C108H100N6P2/c1-103(2,3)73-40-49-79(50-41-73)109-91-59-76(106(10,11)12)61-93-100(91)116-101-92(109)60-77(107(13,14)15)62-94(101)111(81-53-44-75(45-54-81)105(7,8)9)96-64-78(63-95(102(96)116)110(93)80-51-42-74(43-52-80)104(4,5)6)108(16,17)65-66-35-36-72-58-84(48-39-71(72)55-66)114-89-33-23-31-87-98(89)115-97-85(112(87)82-46-37-67-25-18-20-27-69(67)56-82)29-22-30-86(97)113(88-32-24-34-90(114)99(88)115)83-47-38-68-26-19-21-28-70(68)57-83/h18-64H,65H2,1-17H3. The number of anilines is 18. The second-order valence-corrected chi connectivity index (χ2v) is 43.1. The Balaban J connectivity index is 0.731. The molecule has 572 valence electrons. The summed E-state index contributed by atoms with van der Waals surface area (Å²) in [6.45, 7) is 40.4. The van der Waals surface area contributed by atoms with Crippen molar-refractivity contribution in [2.45, 2.75) is 157 Å². The molecule has 0 aliphatic carbocycles. The van der Waals surface area contributed by atoms with Crippen LogP contribution in [0.25, 0.3) is 32.3 Å². The van der Waals surface area contributed by atoms with Gasteiger partial charge in [0.25, 0.3) is 0 Å². The fourth-order valence-corrected chi connectivity index (χ4v) is 25.5. The first-order chi connectivity index (χ1) is 55.4. The van der Waals surface area contributed by atoms with Crippen LogP contribution in [0.15, 0.2) is 285 Å². The predicted molar refractivity (Wildman–Crippen MR) is 502 cm³/mol. The summed E-state index contributed by atoms with van der Waals surface area (Å²) < 4.78 is 0. The molecule has 0 fully saturated rings. The summed E-state index contributed by atoms with van der Waals surface area (Å²) in [5.41, 5.74) is 30.5. The fraction of sp³-hybridized carbons (Fsp3) is 0.222. The minimum atomic E-state index is -1.16. The van der Waals surface area contributed by atoms with Gasteiger partial charge in [-0.05, 0) is 256 Å². The van der Waals surface area contributed by atoms with Crippen LogP contribution < -0.4 is 61.2 Å². The average Bonchev–Trinajstić information content (AvgIpc) is 0.672. The van der Waals surface area contributed by atoms with Crippen LogP contribution >= 0.6 is 15.8 Å². The lowest BCUT2D eigenvalue weighted by Gasteiger charge is -2.51. The third-order valence-electron chi connectivity index (χ3n) is 25.7. The van der Waals surface area contributed by atoms with Gasteiger partial charge in [0, 0.05) is 81.8 Å². The summed E-state index contributed by atoms with van der Waals surface area (Å²) in [5.74, 6) is 0. The smallest absolute Gasteiger partial charge is 0.0569 e. The van der Waals surface area contributed by atoms with Crippen LogP contribution in [0, 0.1) is 0 Å². The molecule has 0 saturated heterocycles. The van der Waals surface area contributed by atoms with E-state index in [0.717, 1.165) is 23.5 Å². The highest BCUT2D eigenvalue weighted by molar-refractivity contribution is 7.82. The van der Waals surface area contributed by atoms with Crippen molar-refractivity contribution in [1.82, 2.24) is 0 Å². The zero-order valence-corrected chi connectivity index (χ0v) is 71.7. The number of rotatable bonds is 9. The zero-order valence-electron chi connectivity index (χ0n) is 69.9. The topological polar surface area (TPSA) is 19.4 Å². The van der Waals surface area contributed by atoms with E-state index in [2.05, 4.69) is 432 Å². The minimum Gasteiger partial charge on any atom is -0.309 e. The number of fused-ring (bicyclic) bond motifs is 3. The largest absolute Gasteiger partial charge is 0.309 e. The van der Waals surface area contributed by atoms with E-state index in [1.165, 1.54) is 188 Å². The highest BCUT2D eigenvalue weighted by atomic mass is 31.1. The zero-order chi connectivity index (χ0) is 79.9. The first-order valence-electron chi connectivity index (χ1n) is 41.6. The molecule has 0 bridgehead atoms. The maximum absolute atomic E-state index is 2.70. The van der Waals surface area contributed by atoms with Gasteiger partial charge in [-0.2, -0.15) is 0 Å². The summed E-state index contributed by atoms with van der Waals surface area (Å²) in [7, 11) is -2.18. The molecule has 6 heterocycles. The lowest BCUT2D eigenvalue weighted by Crippen LogP contribution is -2.46. The van der Waals surface area contributed by atoms with E-state index < -0.39 is 15.8 Å². The Morgan fingerprint density at radius 3 is 0.724 bits per heavy atom. The van der Waals surface area contributed by atoms with Gasteiger partial charge < -0.3 is 29.4 Å². The maximum Gasteiger partial charge on any atom is 0.0569 e. The van der Waals surface area contributed by atoms with E-state index in [1.807, 2.05) is 0 Å². The normalized spacial score (nSPS) is 14.8. The molecular weight excluding hydrogens is 1440 g/mol. The molecule has 6 aliphatic rings. The molecule has 0 radical (unpaired) electrons. The van der Waals surface area contributed by atoms with Crippen LogP contribution in [0.5, 0.6) is 0 Å². The molecule has 6 aliphatic heterocycles. The summed E-state index contributed by atoms with van der Waals surface area (Å²) >= 11 is 0. The third kappa shape index (κ3) is 11.2. The van der Waals surface area contributed by atoms with Crippen LogP contribution in [0.1, 0.15) is 157 Å². The highest BCUT2D eigenvalue weighted by Gasteiger charge is 2.51. The van der Waals surface area contributed by atoms with Gasteiger partial charge in [0.05, 0.1) is 68.2 Å². The Morgan fingerprint density at radius 1 is 0.190 bits per heavy atom. The second kappa shape index (κ2) is 25.4. The van der Waals surface area contributed by atoms with Crippen molar-refractivity contribution in [3.63, 3.8) is 0 Å². The van der Waals surface area contributed by atoms with E-state index in [9.17, 15) is 0 Å². The molecule has 0 atom stereocenters. The lowest BCUT2D eigenvalue weighted by atomic mass is 9.78. The molecule has 0 spiro atoms. The molecular formula is C108H100N6P2. The summed E-state index contributed by atoms with van der Waals surface area (Å²) in [5, 5.41) is 15.8. The van der Waals surface area contributed by atoms with Crippen LogP contribution in [-0.4, -0.2) is 0 Å². The SMILES string of the molecule is CC(C)(C)c1ccc(N2c3cc(C(C)(C)C)cc4c3P3c5c2cc(C(C)(C)C)cc5N(c2ccc(C(C)(C)C)cc2)c2cc(C(C)(C)Cc5ccc6cc(N7c8cccc9c8P8c%10c(cccc%10N(c%10ccc%11ccccc%11c%10)c%10cccc7c%108)N9c7ccc8ccccc8c7)ccc6c5)cc(c23)N4c2ccc(C(C)(C)C)cc2)cc1. The average molecular weight is 1540 g/mol. The Hall–Kier alpha value is -11.3. The van der Waals surface area contributed by atoms with Gasteiger partial charge in [0.2, 0.25) is 0 Å². The van der Waals surface area contributed by atoms with Gasteiger partial charge in [-0.1, -0.05) is 257 Å². The van der Waals surface area contributed by atoms with E-state index in [0.29, 0.717) is 0 Å². The number of hydrogen-bond donors (Lipinski definition) is 0. The third-order valence-corrected chi connectivity index (χ3v) is 31.1. The van der Waals surface area contributed by atoms with Gasteiger partial charge in [0.1, 0.15) is 0 Å². The van der Waals surface area contributed by atoms with Crippen molar-refractivity contribution in [3.05, 3.63) is 324 Å². The van der Waals surface area contributed by atoms with Gasteiger partial charge in [-0.15, -0.1) is 0 Å². The van der Waals surface area contributed by atoms with Gasteiger partial charge in [-0.3, -0.25) is 0 Å². The van der Waals surface area contributed by atoms with E-state index in [1.54, 1.807) is 0 Å². The van der Waals surface area contributed by atoms with Crippen LogP contribution in [0.3, 0.4) is 0 Å². The van der Waals surface area contributed by atoms with Crippen LogP contribution in [0.2, 0.25) is 0 Å². The first-order valence-corrected chi connectivity index (χ1v) is 44.3. The van der Waals surface area contributed by atoms with E-state index in [-0.39, 0.29) is 32.5 Å². The molecule has 15 aromatic carbocycles. The molecule has 0 unspecified atom stereocenters. The van der Waals surface area contributed by atoms with E-state index in [4.69, 9.17) is 0 Å². The number of benzene rings is 15. The number of nitrogens with zero attached hydrogens (tertiary/aromatic N) is 6. The molecule has 116 heavy (non-hydrogen) atoms. The Kier molecular flexibility index (Phi) is 15.8. The molecule has 0 N–H and O–H groups in total. The van der Waals surface area contributed by atoms with E-state index >= 15 is 0 Å². The fourth-order valence-electron chi connectivity index (χ4n) is 19.3. The molecule has 0 saturated carbocycles. The monoisotopic (exact) mass is 1540 g/mol. The summed E-state index contributed by atoms with van der Waals surface area (Å²) in [6, 6.07) is 112. The van der Waals surface area contributed by atoms with Gasteiger partial charge in [-0.25, -0.2) is 0 Å². The first kappa shape index (κ1) is 72.4. The Bertz CT molecular complexity index is 6340. The molecule has 6 nitrogen and oxygen atoms in total. The highest BCUT2D eigenvalue weighted by Crippen LogP contribution is 2.67. The quantitative estimate of drug-likeness (QED) is 0.133. The van der Waals surface area contributed by atoms with Gasteiger partial charge >= 0.3 is 0 Å².